The van der Waals surface area contributed by atoms with Gasteiger partial charge in [-0.15, -0.1) is 0 Å². The largest absolute Gasteiger partial charge is 0.310 e. The van der Waals surface area contributed by atoms with Gasteiger partial charge in [0.05, 0.1) is 5.02 Å². The minimum atomic E-state index is -0.468. The lowest BCUT2D eigenvalue weighted by atomic mass is 10.1. The van der Waals surface area contributed by atoms with Crippen LogP contribution in [0.3, 0.4) is 0 Å². The number of nitrogens with zero attached hydrogens (tertiary/aromatic N) is 2. The van der Waals surface area contributed by atoms with Gasteiger partial charge in [-0.1, -0.05) is 23.2 Å². The molecule has 7 heteroatoms. The predicted octanol–water partition coefficient (Wildman–Crippen LogP) is 3.14. The molecule has 19 heavy (non-hydrogen) atoms. The zero-order valence-electron chi connectivity index (χ0n) is 10.3. The maximum Gasteiger partial charge on any atom is 0.142 e. The molecule has 0 spiro atoms. The number of hydrogen-bond donors (Lipinski definition) is 2. The van der Waals surface area contributed by atoms with Crippen LogP contribution in [0.2, 0.25) is 10.0 Å². The standard InChI is InChI=1S/C12H13Cl2FN4/c1-7(16-5-4-10-17-6-18-19-10)11-8(13)2-3-9(15)12(11)14/h2-3,6-7,16H,4-5H2,1H3,(H,17,18,19). The number of hydrogen-bond acceptors (Lipinski definition) is 3. The predicted molar refractivity (Wildman–Crippen MR) is 72.9 cm³/mol. The van der Waals surface area contributed by atoms with E-state index in [9.17, 15) is 4.39 Å². The third kappa shape index (κ3) is 3.43. The Morgan fingerprint density at radius 2 is 2.21 bits per heavy atom. The van der Waals surface area contributed by atoms with Crippen LogP contribution in [-0.4, -0.2) is 21.7 Å². The van der Waals surface area contributed by atoms with Crippen molar-refractivity contribution in [2.45, 2.75) is 19.4 Å². The maximum atomic E-state index is 13.4. The van der Waals surface area contributed by atoms with E-state index in [1.165, 1.54) is 18.5 Å². The average Bonchev–Trinajstić information content (AvgIpc) is 2.87. The smallest absolute Gasteiger partial charge is 0.142 e. The third-order valence-electron chi connectivity index (χ3n) is 2.79. The molecule has 0 aliphatic carbocycles. The molecule has 2 N–H and O–H groups in total. The Morgan fingerprint density at radius 3 is 2.89 bits per heavy atom. The summed E-state index contributed by atoms with van der Waals surface area (Å²) in [6.45, 7) is 2.53. The monoisotopic (exact) mass is 302 g/mol. The molecule has 1 heterocycles. The summed E-state index contributed by atoms with van der Waals surface area (Å²) < 4.78 is 13.4. The van der Waals surface area contributed by atoms with Crippen LogP contribution in [0, 0.1) is 5.82 Å². The molecule has 2 aromatic rings. The molecule has 4 nitrogen and oxygen atoms in total. The van der Waals surface area contributed by atoms with Gasteiger partial charge < -0.3 is 5.32 Å². The molecule has 1 unspecified atom stereocenters. The minimum absolute atomic E-state index is 0.0622. The zero-order chi connectivity index (χ0) is 13.8. The van der Waals surface area contributed by atoms with Crippen LogP contribution in [-0.2, 0) is 6.42 Å². The number of aromatic nitrogens is 3. The first-order chi connectivity index (χ1) is 9.09. The molecular formula is C12H13Cl2FN4. The molecule has 0 fully saturated rings. The molecule has 0 aliphatic heterocycles. The van der Waals surface area contributed by atoms with E-state index in [-0.39, 0.29) is 11.1 Å². The van der Waals surface area contributed by atoms with Crippen LogP contribution in [0.15, 0.2) is 18.5 Å². The Balaban J connectivity index is 2.00. The second kappa shape index (κ2) is 6.32. The van der Waals surface area contributed by atoms with Gasteiger partial charge in [-0.05, 0) is 19.1 Å². The van der Waals surface area contributed by atoms with Gasteiger partial charge in [0, 0.05) is 29.6 Å². The summed E-state index contributed by atoms with van der Waals surface area (Å²) in [4.78, 5) is 4.02. The minimum Gasteiger partial charge on any atom is -0.310 e. The van der Waals surface area contributed by atoms with E-state index in [1.807, 2.05) is 6.92 Å². The van der Waals surface area contributed by atoms with Crippen molar-refractivity contribution in [3.63, 3.8) is 0 Å². The van der Waals surface area contributed by atoms with E-state index in [4.69, 9.17) is 23.2 Å². The van der Waals surface area contributed by atoms with E-state index < -0.39 is 5.82 Å². The van der Waals surface area contributed by atoms with E-state index in [0.717, 1.165) is 5.82 Å². The summed E-state index contributed by atoms with van der Waals surface area (Å²) in [6, 6.07) is 2.61. The summed E-state index contributed by atoms with van der Waals surface area (Å²) in [5, 5.41) is 10.3. The van der Waals surface area contributed by atoms with Crippen LogP contribution in [0.5, 0.6) is 0 Å². The summed E-state index contributed by atoms with van der Waals surface area (Å²) in [5.41, 5.74) is 0.570. The molecule has 0 amide bonds. The van der Waals surface area contributed by atoms with Gasteiger partial charge in [-0.25, -0.2) is 9.37 Å². The van der Waals surface area contributed by atoms with Crippen LogP contribution in [0.4, 0.5) is 4.39 Å². The summed E-state index contributed by atoms with van der Waals surface area (Å²) in [5.74, 6) is 0.320. The third-order valence-corrected chi connectivity index (χ3v) is 3.50. The van der Waals surface area contributed by atoms with Crippen molar-refractivity contribution < 1.29 is 4.39 Å². The number of H-pyrrole nitrogens is 1. The Kier molecular flexibility index (Phi) is 4.74. The van der Waals surface area contributed by atoms with E-state index in [2.05, 4.69) is 20.5 Å². The fourth-order valence-electron chi connectivity index (χ4n) is 1.80. The number of nitrogens with one attached hydrogen (secondary N) is 2. The molecule has 1 aromatic carbocycles. The van der Waals surface area contributed by atoms with Crippen molar-refractivity contribution in [3.05, 3.63) is 45.7 Å². The lowest BCUT2D eigenvalue weighted by Gasteiger charge is -2.17. The van der Waals surface area contributed by atoms with Crippen molar-refractivity contribution in [1.82, 2.24) is 20.5 Å². The number of aromatic amines is 1. The van der Waals surface area contributed by atoms with Crippen LogP contribution in [0.25, 0.3) is 0 Å². The second-order valence-electron chi connectivity index (χ2n) is 4.11. The summed E-state index contributed by atoms with van der Waals surface area (Å²) >= 11 is 12.0. The van der Waals surface area contributed by atoms with Crippen molar-refractivity contribution in [1.29, 1.82) is 0 Å². The molecule has 1 aromatic heterocycles. The first kappa shape index (κ1) is 14.2. The lowest BCUT2D eigenvalue weighted by Crippen LogP contribution is -2.22. The SMILES string of the molecule is CC(NCCc1ncn[nH]1)c1c(Cl)ccc(F)c1Cl. The molecule has 2 rings (SSSR count). The van der Waals surface area contributed by atoms with Gasteiger partial charge in [0.2, 0.25) is 0 Å². The van der Waals surface area contributed by atoms with Crippen molar-refractivity contribution in [2.75, 3.05) is 6.54 Å². The molecule has 0 saturated heterocycles. The average molecular weight is 303 g/mol. The topological polar surface area (TPSA) is 53.6 Å². The Hall–Kier alpha value is -1.17. The molecule has 0 saturated carbocycles. The van der Waals surface area contributed by atoms with Crippen LogP contribution < -0.4 is 5.32 Å². The summed E-state index contributed by atoms with van der Waals surface area (Å²) in [7, 11) is 0. The van der Waals surface area contributed by atoms with Crippen LogP contribution in [0.1, 0.15) is 24.4 Å². The fraction of sp³-hybridized carbons (Fsp3) is 0.333. The van der Waals surface area contributed by atoms with E-state index >= 15 is 0 Å². The van der Waals surface area contributed by atoms with Crippen LogP contribution >= 0.6 is 23.2 Å². The summed E-state index contributed by atoms with van der Waals surface area (Å²) in [6.07, 6.45) is 2.15. The van der Waals surface area contributed by atoms with Gasteiger partial charge in [0.15, 0.2) is 0 Å². The first-order valence-corrected chi connectivity index (χ1v) is 6.56. The Labute approximate surface area is 120 Å². The van der Waals surface area contributed by atoms with Gasteiger partial charge >= 0.3 is 0 Å². The number of benzene rings is 1. The molecule has 0 aliphatic rings. The molecule has 102 valence electrons. The quantitative estimate of drug-likeness (QED) is 0.834. The van der Waals surface area contributed by atoms with Gasteiger partial charge in [0.1, 0.15) is 18.0 Å². The van der Waals surface area contributed by atoms with Crippen molar-refractivity contribution in [3.8, 4) is 0 Å². The normalized spacial score (nSPS) is 12.6. The number of halogens is 3. The zero-order valence-corrected chi connectivity index (χ0v) is 11.8. The Bertz CT molecular complexity index is 545. The van der Waals surface area contributed by atoms with Gasteiger partial charge in [-0.2, -0.15) is 5.10 Å². The van der Waals surface area contributed by atoms with Gasteiger partial charge in [-0.3, -0.25) is 5.10 Å². The molecule has 1 atom stereocenters. The fourth-order valence-corrected chi connectivity index (χ4v) is 2.50. The van der Waals surface area contributed by atoms with E-state index in [0.29, 0.717) is 23.6 Å². The second-order valence-corrected chi connectivity index (χ2v) is 4.90. The highest BCUT2D eigenvalue weighted by atomic mass is 35.5. The highest BCUT2D eigenvalue weighted by Gasteiger charge is 2.16. The van der Waals surface area contributed by atoms with Gasteiger partial charge in [0.25, 0.3) is 0 Å². The highest BCUT2D eigenvalue weighted by molar-refractivity contribution is 6.36. The first-order valence-electron chi connectivity index (χ1n) is 5.80. The lowest BCUT2D eigenvalue weighted by molar-refractivity contribution is 0.562. The number of rotatable bonds is 5. The molecule has 0 bridgehead atoms. The van der Waals surface area contributed by atoms with E-state index in [1.54, 1.807) is 0 Å². The van der Waals surface area contributed by atoms with Crippen molar-refractivity contribution >= 4 is 23.2 Å². The highest BCUT2D eigenvalue weighted by Crippen LogP contribution is 2.32. The maximum absolute atomic E-state index is 13.4. The molecular weight excluding hydrogens is 290 g/mol. The van der Waals surface area contributed by atoms with Crippen molar-refractivity contribution in [2.24, 2.45) is 0 Å². The Morgan fingerprint density at radius 1 is 1.42 bits per heavy atom. The molecule has 0 radical (unpaired) electrons.